The summed E-state index contributed by atoms with van der Waals surface area (Å²) in [6.45, 7) is 1.50. The molecule has 0 unspecified atom stereocenters. The summed E-state index contributed by atoms with van der Waals surface area (Å²) in [6, 6.07) is 7.49. The van der Waals surface area contributed by atoms with E-state index in [2.05, 4.69) is 10.4 Å². The molecule has 0 saturated heterocycles. The van der Waals surface area contributed by atoms with Gasteiger partial charge in [0.2, 0.25) is 5.91 Å². The molecule has 1 amide bonds. The van der Waals surface area contributed by atoms with Crippen molar-refractivity contribution in [2.75, 3.05) is 5.32 Å². The van der Waals surface area contributed by atoms with Gasteiger partial charge in [0.1, 0.15) is 11.1 Å². The van der Waals surface area contributed by atoms with Gasteiger partial charge in [0, 0.05) is 5.69 Å². The van der Waals surface area contributed by atoms with Crippen molar-refractivity contribution < 1.29 is 4.79 Å². The van der Waals surface area contributed by atoms with Crippen LogP contribution in [0.4, 0.5) is 5.69 Å². The summed E-state index contributed by atoms with van der Waals surface area (Å²) in [5.41, 5.74) is 0.210. The van der Waals surface area contributed by atoms with Crippen LogP contribution in [0.3, 0.4) is 0 Å². The summed E-state index contributed by atoms with van der Waals surface area (Å²) in [5.74, 6) is -0.469. The zero-order valence-electron chi connectivity index (χ0n) is 11.4. The van der Waals surface area contributed by atoms with E-state index in [0.717, 1.165) is 4.68 Å². The van der Waals surface area contributed by atoms with E-state index >= 15 is 0 Å². The topological polar surface area (TPSA) is 87.8 Å². The monoisotopic (exact) mass is 336 g/mol. The van der Waals surface area contributed by atoms with Crippen LogP contribution in [0.2, 0.25) is 10.0 Å². The Morgan fingerprint density at radius 3 is 2.86 bits per heavy atom. The van der Waals surface area contributed by atoms with Crippen LogP contribution in [0.1, 0.15) is 18.5 Å². The zero-order valence-corrected chi connectivity index (χ0v) is 12.9. The Hall–Kier alpha value is -2.36. The molecule has 2 aromatic rings. The maximum Gasteiger partial charge on any atom is 0.287 e. The summed E-state index contributed by atoms with van der Waals surface area (Å²) in [5, 5.41) is 15.1. The minimum Gasteiger partial charge on any atom is -0.324 e. The molecular weight excluding hydrogens is 327 g/mol. The van der Waals surface area contributed by atoms with Crippen molar-refractivity contribution in [1.29, 1.82) is 5.26 Å². The maximum absolute atomic E-state index is 12.2. The molecule has 0 bridgehead atoms. The highest BCUT2D eigenvalue weighted by atomic mass is 35.5. The van der Waals surface area contributed by atoms with Crippen LogP contribution in [0.25, 0.3) is 0 Å². The van der Waals surface area contributed by atoms with Crippen LogP contribution in [0.5, 0.6) is 0 Å². The lowest BCUT2D eigenvalue weighted by molar-refractivity contribution is -0.119. The lowest BCUT2D eigenvalue weighted by Gasteiger charge is -2.14. The highest BCUT2D eigenvalue weighted by Gasteiger charge is 2.19. The van der Waals surface area contributed by atoms with Crippen LogP contribution < -0.4 is 10.9 Å². The third-order valence-corrected chi connectivity index (χ3v) is 3.66. The molecule has 1 aromatic heterocycles. The van der Waals surface area contributed by atoms with Crippen molar-refractivity contribution >= 4 is 34.8 Å². The standard InChI is InChI=1S/C14H10Cl2N4O2/c1-8(20-14(22)12(16)11(15)7-18-20)13(21)19-10-4-2-3-9(5-10)6-17/h2-5,7-8H,1H3,(H,19,21)/t8-/m0/s1. The summed E-state index contributed by atoms with van der Waals surface area (Å²) in [4.78, 5) is 24.1. The molecule has 0 spiro atoms. The molecule has 0 radical (unpaired) electrons. The normalized spacial score (nSPS) is 11.5. The Morgan fingerprint density at radius 2 is 2.18 bits per heavy atom. The van der Waals surface area contributed by atoms with Gasteiger partial charge in [0.25, 0.3) is 5.56 Å². The maximum atomic E-state index is 12.2. The second-order valence-corrected chi connectivity index (χ2v) is 5.20. The summed E-state index contributed by atoms with van der Waals surface area (Å²) in [6.07, 6.45) is 1.20. The Kier molecular flexibility index (Phi) is 4.81. The van der Waals surface area contributed by atoms with Crippen molar-refractivity contribution in [3.05, 3.63) is 56.4 Å². The molecule has 0 aliphatic carbocycles. The molecule has 6 nitrogen and oxygen atoms in total. The Bertz CT molecular complexity index is 826. The van der Waals surface area contributed by atoms with Crippen molar-refractivity contribution in [1.82, 2.24) is 9.78 Å². The number of hydrogen-bond acceptors (Lipinski definition) is 4. The molecule has 2 rings (SSSR count). The molecule has 0 fully saturated rings. The molecule has 1 atom stereocenters. The van der Waals surface area contributed by atoms with Gasteiger partial charge < -0.3 is 5.32 Å². The number of anilines is 1. The lowest BCUT2D eigenvalue weighted by atomic mass is 10.2. The first-order chi connectivity index (χ1) is 10.4. The quantitative estimate of drug-likeness (QED) is 0.933. The first-order valence-electron chi connectivity index (χ1n) is 6.18. The number of aromatic nitrogens is 2. The predicted octanol–water partition coefficient (Wildman–Crippen LogP) is 2.62. The van der Waals surface area contributed by atoms with Gasteiger partial charge in [-0.25, -0.2) is 4.68 Å². The lowest BCUT2D eigenvalue weighted by Crippen LogP contribution is -2.33. The third-order valence-electron chi connectivity index (χ3n) is 2.91. The molecule has 0 aliphatic rings. The van der Waals surface area contributed by atoms with E-state index in [9.17, 15) is 9.59 Å². The number of hydrogen-bond donors (Lipinski definition) is 1. The van der Waals surface area contributed by atoms with Crippen LogP contribution in [-0.2, 0) is 4.79 Å². The van der Waals surface area contributed by atoms with Crippen molar-refractivity contribution in [3.63, 3.8) is 0 Å². The van der Waals surface area contributed by atoms with Gasteiger partial charge in [-0.3, -0.25) is 9.59 Å². The number of halogens is 2. The van der Waals surface area contributed by atoms with Crippen molar-refractivity contribution in [3.8, 4) is 6.07 Å². The van der Waals surface area contributed by atoms with E-state index in [-0.39, 0.29) is 10.0 Å². The summed E-state index contributed by atoms with van der Waals surface area (Å²) < 4.78 is 0.942. The Morgan fingerprint density at radius 1 is 1.45 bits per heavy atom. The number of nitrogens with one attached hydrogen (secondary N) is 1. The van der Waals surface area contributed by atoms with Crippen LogP contribution in [-0.4, -0.2) is 15.7 Å². The molecule has 0 aliphatic heterocycles. The van der Waals surface area contributed by atoms with E-state index < -0.39 is 17.5 Å². The van der Waals surface area contributed by atoms with E-state index in [1.165, 1.54) is 19.2 Å². The molecule has 0 saturated carbocycles. The van der Waals surface area contributed by atoms with Gasteiger partial charge in [0.05, 0.1) is 22.9 Å². The second-order valence-electron chi connectivity index (χ2n) is 4.41. The predicted molar refractivity (Wildman–Crippen MR) is 83.0 cm³/mol. The molecule has 1 aromatic carbocycles. The summed E-state index contributed by atoms with van der Waals surface area (Å²) in [7, 11) is 0. The van der Waals surface area contributed by atoms with Crippen LogP contribution in [0, 0.1) is 11.3 Å². The first kappa shape index (κ1) is 16.0. The average molecular weight is 337 g/mol. The van der Waals surface area contributed by atoms with Crippen LogP contribution in [0.15, 0.2) is 35.3 Å². The highest BCUT2D eigenvalue weighted by Crippen LogP contribution is 2.17. The fourth-order valence-electron chi connectivity index (χ4n) is 1.72. The van der Waals surface area contributed by atoms with Gasteiger partial charge in [-0.05, 0) is 25.1 Å². The smallest absolute Gasteiger partial charge is 0.287 e. The third kappa shape index (κ3) is 3.27. The molecule has 112 valence electrons. The number of nitriles is 1. The van der Waals surface area contributed by atoms with Crippen molar-refractivity contribution in [2.24, 2.45) is 0 Å². The van der Waals surface area contributed by atoms with Gasteiger partial charge in [-0.15, -0.1) is 0 Å². The number of amides is 1. The van der Waals surface area contributed by atoms with E-state index in [1.54, 1.807) is 18.2 Å². The minimum absolute atomic E-state index is 0.0252. The molecule has 8 heteroatoms. The molecule has 1 N–H and O–H groups in total. The number of carbonyl (C=O) groups excluding carboxylic acids is 1. The number of rotatable bonds is 3. The van der Waals surface area contributed by atoms with Gasteiger partial charge in [-0.2, -0.15) is 10.4 Å². The van der Waals surface area contributed by atoms with E-state index in [1.807, 2.05) is 6.07 Å². The minimum atomic E-state index is -0.895. The summed E-state index contributed by atoms with van der Waals surface area (Å²) >= 11 is 11.5. The average Bonchev–Trinajstić information content (AvgIpc) is 2.52. The number of benzene rings is 1. The van der Waals surface area contributed by atoms with Crippen LogP contribution >= 0.6 is 23.2 Å². The fourth-order valence-corrected chi connectivity index (χ4v) is 1.98. The van der Waals surface area contributed by atoms with Gasteiger partial charge in [0.15, 0.2) is 0 Å². The van der Waals surface area contributed by atoms with Gasteiger partial charge >= 0.3 is 0 Å². The fraction of sp³-hybridized carbons (Fsp3) is 0.143. The van der Waals surface area contributed by atoms with Gasteiger partial charge in [-0.1, -0.05) is 29.3 Å². The molecule has 1 heterocycles. The Labute approximate surface area is 135 Å². The SMILES string of the molecule is C[C@@H](C(=O)Nc1cccc(C#N)c1)n1ncc(Cl)c(Cl)c1=O. The zero-order chi connectivity index (χ0) is 16.3. The number of carbonyl (C=O) groups is 1. The van der Waals surface area contributed by atoms with E-state index in [0.29, 0.717) is 11.3 Å². The van der Waals surface area contributed by atoms with E-state index in [4.69, 9.17) is 28.5 Å². The molecule has 22 heavy (non-hydrogen) atoms. The Balaban J connectivity index is 2.25. The second kappa shape index (κ2) is 6.60. The highest BCUT2D eigenvalue weighted by molar-refractivity contribution is 6.41. The molecular formula is C14H10Cl2N4O2. The first-order valence-corrected chi connectivity index (χ1v) is 6.93. The van der Waals surface area contributed by atoms with Crippen molar-refractivity contribution in [2.45, 2.75) is 13.0 Å². The largest absolute Gasteiger partial charge is 0.324 e. The number of nitrogens with zero attached hydrogens (tertiary/aromatic N) is 3.